The molecule has 0 atom stereocenters. The van der Waals surface area contributed by atoms with Crippen LogP contribution in [0.2, 0.25) is 0 Å². The smallest absolute Gasteiger partial charge is 0.189 e. The van der Waals surface area contributed by atoms with Crippen LogP contribution in [-0.2, 0) is 13.0 Å². The molecule has 2 N–H and O–H groups in total. The molecule has 5 heteroatoms. The molecule has 26 heavy (non-hydrogen) atoms. The largest absolute Gasteiger partial charge is 0.392 e. The molecule has 1 heterocycles. The van der Waals surface area contributed by atoms with E-state index in [1.54, 1.807) is 24.3 Å². The van der Waals surface area contributed by atoms with E-state index >= 15 is 0 Å². The standard InChI is InChI=1S/C21H17FN2O2/c1-12-2-4-17-14(6-12)8-15(21(17)26)9-16-10-20(24-23-16)18-5-3-13(11-25)7-19(18)22/h2-7,9-10,25H,8,11H2,1H3,(H,23,24)/b15-9+. The number of hydrogen-bond donors (Lipinski definition) is 2. The third-order valence-corrected chi connectivity index (χ3v) is 4.60. The molecule has 3 aromatic rings. The molecule has 1 aliphatic carbocycles. The zero-order chi connectivity index (χ0) is 18.3. The topological polar surface area (TPSA) is 66.0 Å². The monoisotopic (exact) mass is 348 g/mol. The first kappa shape index (κ1) is 16.4. The predicted molar refractivity (Wildman–Crippen MR) is 97.1 cm³/mol. The lowest BCUT2D eigenvalue weighted by molar-refractivity contribution is 0.104. The Labute approximate surface area is 150 Å². The quantitative estimate of drug-likeness (QED) is 0.707. The maximum atomic E-state index is 14.2. The number of Topliss-reactive ketones (excluding diaryl/α,β-unsaturated/α-hetero) is 1. The Morgan fingerprint density at radius 3 is 2.77 bits per heavy atom. The number of nitrogens with zero attached hydrogens (tertiary/aromatic N) is 1. The molecule has 1 aliphatic rings. The van der Waals surface area contributed by atoms with E-state index in [2.05, 4.69) is 10.2 Å². The number of aliphatic hydroxyl groups is 1. The Morgan fingerprint density at radius 1 is 1.19 bits per heavy atom. The molecule has 0 saturated carbocycles. The average Bonchev–Trinajstić information content (AvgIpc) is 3.20. The van der Waals surface area contributed by atoms with E-state index in [0.717, 1.165) is 16.7 Å². The van der Waals surface area contributed by atoms with E-state index in [1.165, 1.54) is 6.07 Å². The summed E-state index contributed by atoms with van der Waals surface area (Å²) in [5.41, 5.74) is 5.56. The van der Waals surface area contributed by atoms with Crippen LogP contribution < -0.4 is 0 Å². The van der Waals surface area contributed by atoms with Gasteiger partial charge in [0.2, 0.25) is 0 Å². The molecule has 0 bridgehead atoms. The number of aryl methyl sites for hydroxylation is 1. The summed E-state index contributed by atoms with van der Waals surface area (Å²) in [6.07, 6.45) is 2.36. The number of fused-ring (bicyclic) bond motifs is 1. The van der Waals surface area contributed by atoms with Gasteiger partial charge in [-0.3, -0.25) is 9.89 Å². The van der Waals surface area contributed by atoms with Crippen LogP contribution in [-0.4, -0.2) is 21.1 Å². The summed E-state index contributed by atoms with van der Waals surface area (Å²) in [6, 6.07) is 12.1. The molecule has 0 saturated heterocycles. The van der Waals surface area contributed by atoms with Gasteiger partial charge in [0, 0.05) is 23.1 Å². The van der Waals surface area contributed by atoms with Gasteiger partial charge in [0.1, 0.15) is 5.82 Å². The predicted octanol–water partition coefficient (Wildman–Crippen LogP) is 3.84. The van der Waals surface area contributed by atoms with E-state index in [9.17, 15) is 9.18 Å². The van der Waals surface area contributed by atoms with Gasteiger partial charge in [-0.25, -0.2) is 4.39 Å². The fourth-order valence-electron chi connectivity index (χ4n) is 3.27. The number of halogens is 1. The number of aliphatic hydroxyl groups excluding tert-OH is 1. The molecular formula is C21H17FN2O2. The first-order valence-corrected chi connectivity index (χ1v) is 8.35. The van der Waals surface area contributed by atoms with E-state index in [4.69, 9.17) is 5.11 Å². The molecule has 0 amide bonds. The van der Waals surface area contributed by atoms with Crippen LogP contribution in [0.15, 0.2) is 48.0 Å². The van der Waals surface area contributed by atoms with Gasteiger partial charge < -0.3 is 5.11 Å². The van der Waals surface area contributed by atoms with Gasteiger partial charge in [0.05, 0.1) is 18.0 Å². The third-order valence-electron chi connectivity index (χ3n) is 4.60. The van der Waals surface area contributed by atoms with Crippen molar-refractivity contribution < 1.29 is 14.3 Å². The van der Waals surface area contributed by atoms with E-state index in [1.807, 2.05) is 25.1 Å². The minimum absolute atomic E-state index is 0.0228. The first-order valence-electron chi connectivity index (χ1n) is 8.35. The zero-order valence-corrected chi connectivity index (χ0v) is 14.2. The second kappa shape index (κ2) is 6.35. The number of benzene rings is 2. The van der Waals surface area contributed by atoms with Crippen LogP contribution in [0.25, 0.3) is 17.3 Å². The van der Waals surface area contributed by atoms with Crippen LogP contribution in [0.5, 0.6) is 0 Å². The van der Waals surface area contributed by atoms with Crippen molar-refractivity contribution in [1.82, 2.24) is 10.2 Å². The molecule has 2 aromatic carbocycles. The minimum atomic E-state index is -0.443. The Hall–Kier alpha value is -3.05. The Balaban J connectivity index is 1.63. The highest BCUT2D eigenvalue weighted by molar-refractivity contribution is 6.15. The van der Waals surface area contributed by atoms with Crippen molar-refractivity contribution in [2.45, 2.75) is 20.0 Å². The third kappa shape index (κ3) is 2.86. The zero-order valence-electron chi connectivity index (χ0n) is 14.2. The molecule has 4 rings (SSSR count). The van der Waals surface area contributed by atoms with Crippen LogP contribution in [0.1, 0.15) is 32.7 Å². The number of allylic oxidation sites excluding steroid dienone is 1. The lowest BCUT2D eigenvalue weighted by Crippen LogP contribution is -1.95. The molecule has 130 valence electrons. The van der Waals surface area contributed by atoms with Gasteiger partial charge >= 0.3 is 0 Å². The van der Waals surface area contributed by atoms with Gasteiger partial charge in [-0.1, -0.05) is 29.8 Å². The lowest BCUT2D eigenvalue weighted by atomic mass is 10.1. The van der Waals surface area contributed by atoms with Crippen LogP contribution in [0.3, 0.4) is 0 Å². The highest BCUT2D eigenvalue weighted by atomic mass is 19.1. The summed E-state index contributed by atoms with van der Waals surface area (Å²) >= 11 is 0. The number of rotatable bonds is 3. The molecule has 1 aromatic heterocycles. The van der Waals surface area contributed by atoms with Crippen molar-refractivity contribution in [2.24, 2.45) is 0 Å². The molecule has 0 unspecified atom stereocenters. The number of carbonyl (C=O) groups is 1. The SMILES string of the molecule is Cc1ccc2c(c1)C/C(=C\c1cc(-c3ccc(CO)cc3F)n[nH]1)C2=O. The van der Waals surface area contributed by atoms with Crippen molar-refractivity contribution in [1.29, 1.82) is 0 Å². The number of carbonyl (C=O) groups excluding carboxylic acids is 1. The maximum Gasteiger partial charge on any atom is 0.189 e. The summed E-state index contributed by atoms with van der Waals surface area (Å²) < 4.78 is 14.2. The van der Waals surface area contributed by atoms with Gasteiger partial charge in [0.15, 0.2) is 5.78 Å². The first-order chi connectivity index (χ1) is 12.5. The van der Waals surface area contributed by atoms with Crippen LogP contribution in [0.4, 0.5) is 4.39 Å². The molecule has 4 nitrogen and oxygen atoms in total. The number of aromatic nitrogens is 2. The van der Waals surface area contributed by atoms with Crippen molar-refractivity contribution in [3.05, 3.63) is 81.8 Å². The Bertz CT molecular complexity index is 1050. The second-order valence-corrected chi connectivity index (χ2v) is 6.52. The summed E-state index contributed by atoms with van der Waals surface area (Å²) in [5.74, 6) is -0.420. The number of aromatic amines is 1. The summed E-state index contributed by atoms with van der Waals surface area (Å²) in [4.78, 5) is 12.5. The molecular weight excluding hydrogens is 331 g/mol. The highest BCUT2D eigenvalue weighted by Crippen LogP contribution is 2.29. The van der Waals surface area contributed by atoms with Crippen LogP contribution >= 0.6 is 0 Å². The maximum absolute atomic E-state index is 14.2. The minimum Gasteiger partial charge on any atom is -0.392 e. The number of nitrogens with one attached hydrogen (secondary N) is 1. The van der Waals surface area contributed by atoms with E-state index < -0.39 is 5.82 Å². The number of hydrogen-bond acceptors (Lipinski definition) is 3. The Morgan fingerprint density at radius 2 is 2.00 bits per heavy atom. The van der Waals surface area contributed by atoms with Gasteiger partial charge in [0.25, 0.3) is 0 Å². The van der Waals surface area contributed by atoms with Crippen molar-refractivity contribution in [3.8, 4) is 11.3 Å². The van der Waals surface area contributed by atoms with Crippen molar-refractivity contribution >= 4 is 11.9 Å². The lowest BCUT2D eigenvalue weighted by Gasteiger charge is -2.01. The van der Waals surface area contributed by atoms with Gasteiger partial charge in [-0.2, -0.15) is 5.10 Å². The Kier molecular flexibility index (Phi) is 4.01. The van der Waals surface area contributed by atoms with Crippen molar-refractivity contribution in [2.75, 3.05) is 0 Å². The number of ketones is 1. The normalized spacial score (nSPS) is 14.9. The fraction of sp³-hybridized carbons (Fsp3) is 0.143. The van der Waals surface area contributed by atoms with Gasteiger partial charge in [-0.05, 0) is 42.3 Å². The molecule has 0 spiro atoms. The van der Waals surface area contributed by atoms with E-state index in [0.29, 0.717) is 34.5 Å². The fourth-order valence-corrected chi connectivity index (χ4v) is 3.27. The molecule has 0 fully saturated rings. The van der Waals surface area contributed by atoms with E-state index in [-0.39, 0.29) is 12.4 Å². The summed E-state index contributed by atoms with van der Waals surface area (Å²) in [7, 11) is 0. The van der Waals surface area contributed by atoms with Crippen LogP contribution in [0, 0.1) is 12.7 Å². The average molecular weight is 348 g/mol. The number of H-pyrrole nitrogens is 1. The summed E-state index contributed by atoms with van der Waals surface area (Å²) in [6.45, 7) is 1.79. The highest BCUT2D eigenvalue weighted by Gasteiger charge is 2.24. The molecule has 0 aliphatic heterocycles. The second-order valence-electron chi connectivity index (χ2n) is 6.52. The summed E-state index contributed by atoms with van der Waals surface area (Å²) in [5, 5.41) is 16.1. The molecule has 0 radical (unpaired) electrons. The van der Waals surface area contributed by atoms with Crippen molar-refractivity contribution in [3.63, 3.8) is 0 Å². The van der Waals surface area contributed by atoms with Gasteiger partial charge in [-0.15, -0.1) is 0 Å².